The summed E-state index contributed by atoms with van der Waals surface area (Å²) in [6.45, 7) is 3.62. The van der Waals surface area contributed by atoms with Gasteiger partial charge >= 0.3 is 0 Å². The molecule has 0 aliphatic carbocycles. The number of benzene rings is 1. The van der Waals surface area contributed by atoms with Gasteiger partial charge in [0.1, 0.15) is 11.9 Å². The van der Waals surface area contributed by atoms with Crippen LogP contribution in [0.1, 0.15) is 43.3 Å². The normalized spacial score (nSPS) is 12.5. The predicted octanol–water partition coefficient (Wildman–Crippen LogP) is 2.55. The monoisotopic (exact) mass is 395 g/mol. The molecule has 1 aromatic carbocycles. The van der Waals surface area contributed by atoms with E-state index in [-0.39, 0.29) is 11.7 Å². The van der Waals surface area contributed by atoms with E-state index in [1.165, 1.54) is 17.2 Å². The minimum Gasteiger partial charge on any atom is -0.337 e. The Labute approximate surface area is 167 Å². The summed E-state index contributed by atoms with van der Waals surface area (Å²) in [5, 5.41) is 2.70. The van der Waals surface area contributed by atoms with Crippen LogP contribution in [0.15, 0.2) is 43.0 Å². The van der Waals surface area contributed by atoms with Gasteiger partial charge in [0.15, 0.2) is 35.8 Å². The van der Waals surface area contributed by atoms with Crippen LogP contribution in [-0.2, 0) is 14.3 Å². The molecular weight excluding hydrogens is 374 g/mol. The molecule has 3 aromatic rings. The van der Waals surface area contributed by atoms with Gasteiger partial charge in [0.25, 0.3) is 5.91 Å². The number of hydrogen-bond donors (Lipinski definition) is 1. The molecule has 0 saturated heterocycles. The van der Waals surface area contributed by atoms with Crippen molar-refractivity contribution in [2.45, 2.75) is 38.5 Å². The minimum atomic E-state index is -1.10. The highest BCUT2D eigenvalue weighted by Gasteiger charge is 2.32. The minimum absolute atomic E-state index is 0.208. The highest BCUT2D eigenvalue weighted by molar-refractivity contribution is 6.06. The number of aldehydes is 2. The first kappa shape index (κ1) is 20.3. The van der Waals surface area contributed by atoms with Crippen molar-refractivity contribution in [2.75, 3.05) is 5.32 Å². The van der Waals surface area contributed by atoms with Crippen LogP contribution in [-0.4, -0.2) is 43.6 Å². The molecule has 0 aliphatic heterocycles. The molecule has 0 bridgehead atoms. The molecule has 0 saturated carbocycles. The van der Waals surface area contributed by atoms with E-state index >= 15 is 0 Å². The molecule has 2 heterocycles. The van der Waals surface area contributed by atoms with E-state index in [2.05, 4.69) is 20.3 Å². The molecule has 9 heteroatoms. The topological polar surface area (TPSA) is 116 Å². The third-order valence-electron chi connectivity index (χ3n) is 4.78. The molecule has 1 amide bonds. The van der Waals surface area contributed by atoms with Gasteiger partial charge in [-0.05, 0) is 25.0 Å². The van der Waals surface area contributed by atoms with Gasteiger partial charge in [-0.1, -0.05) is 32.0 Å². The van der Waals surface area contributed by atoms with Gasteiger partial charge in [0, 0.05) is 5.56 Å². The van der Waals surface area contributed by atoms with Crippen molar-refractivity contribution in [1.29, 1.82) is 0 Å². The number of nitrogens with zero attached hydrogens (tertiary/aromatic N) is 4. The standard InChI is InChI=1S/C20H21N5O4/c1-3-20(4-2,11-27)29-15(10-26)25-13-23-16-17(21-12-22-18(16)25)24-19(28)14-8-6-5-7-9-14/h5-13,15H,3-4H2,1-2H3,(H,21,22,24,28)/t15-/m1/s1. The summed E-state index contributed by atoms with van der Waals surface area (Å²) in [6, 6.07) is 8.68. The largest absolute Gasteiger partial charge is 0.337 e. The summed E-state index contributed by atoms with van der Waals surface area (Å²) < 4.78 is 7.23. The number of nitrogens with one attached hydrogen (secondary N) is 1. The van der Waals surface area contributed by atoms with E-state index in [0.717, 1.165) is 0 Å². The predicted molar refractivity (Wildman–Crippen MR) is 105 cm³/mol. The third kappa shape index (κ3) is 4.04. The maximum atomic E-state index is 12.4. The first-order valence-electron chi connectivity index (χ1n) is 9.20. The zero-order valence-electron chi connectivity index (χ0n) is 16.1. The Morgan fingerprint density at radius 3 is 2.52 bits per heavy atom. The van der Waals surface area contributed by atoms with Gasteiger partial charge in [0.05, 0.1) is 6.33 Å². The smallest absolute Gasteiger partial charge is 0.256 e. The number of carbonyl (C=O) groups is 3. The summed E-state index contributed by atoms with van der Waals surface area (Å²) in [4.78, 5) is 48.2. The van der Waals surface area contributed by atoms with Crippen LogP contribution in [0.2, 0.25) is 0 Å². The summed E-state index contributed by atoms with van der Waals surface area (Å²) in [5.41, 5.74) is -0.0154. The number of amides is 1. The fourth-order valence-electron chi connectivity index (χ4n) is 2.90. The van der Waals surface area contributed by atoms with Gasteiger partial charge in [0.2, 0.25) is 0 Å². The summed E-state index contributed by atoms with van der Waals surface area (Å²) in [5.74, 6) is -0.139. The number of anilines is 1. The number of ether oxygens (including phenoxy) is 1. The van der Waals surface area contributed by atoms with Crippen molar-refractivity contribution >= 4 is 35.5 Å². The lowest BCUT2D eigenvalue weighted by atomic mass is 9.99. The summed E-state index contributed by atoms with van der Waals surface area (Å²) in [6.07, 6.45) is 3.65. The van der Waals surface area contributed by atoms with Gasteiger partial charge in [-0.15, -0.1) is 0 Å². The molecule has 3 rings (SSSR count). The van der Waals surface area contributed by atoms with Crippen molar-refractivity contribution in [3.05, 3.63) is 48.5 Å². The van der Waals surface area contributed by atoms with Gasteiger partial charge < -0.3 is 14.8 Å². The number of carbonyl (C=O) groups excluding carboxylic acids is 3. The van der Waals surface area contributed by atoms with Crippen LogP contribution < -0.4 is 5.32 Å². The Morgan fingerprint density at radius 2 is 1.90 bits per heavy atom. The molecule has 1 atom stereocenters. The molecule has 0 spiro atoms. The Balaban J connectivity index is 1.93. The van der Waals surface area contributed by atoms with E-state index in [1.54, 1.807) is 24.3 Å². The summed E-state index contributed by atoms with van der Waals surface area (Å²) >= 11 is 0. The number of imidazole rings is 1. The number of hydrogen-bond acceptors (Lipinski definition) is 7. The molecule has 9 nitrogen and oxygen atoms in total. The molecular formula is C20H21N5O4. The molecule has 29 heavy (non-hydrogen) atoms. The van der Waals surface area contributed by atoms with E-state index in [4.69, 9.17) is 4.74 Å². The van der Waals surface area contributed by atoms with E-state index in [0.29, 0.717) is 42.1 Å². The average Bonchev–Trinajstić information content (AvgIpc) is 3.21. The fourth-order valence-corrected chi connectivity index (χ4v) is 2.90. The third-order valence-corrected chi connectivity index (χ3v) is 4.78. The maximum Gasteiger partial charge on any atom is 0.256 e. The Hall–Kier alpha value is -3.46. The molecule has 0 unspecified atom stereocenters. The Bertz CT molecular complexity index is 1010. The highest BCUT2D eigenvalue weighted by atomic mass is 16.5. The van der Waals surface area contributed by atoms with E-state index < -0.39 is 11.8 Å². The zero-order chi connectivity index (χ0) is 20.9. The van der Waals surface area contributed by atoms with Gasteiger partial charge in [-0.2, -0.15) is 0 Å². The first-order valence-corrected chi connectivity index (χ1v) is 9.20. The maximum absolute atomic E-state index is 12.4. The Morgan fingerprint density at radius 1 is 1.17 bits per heavy atom. The molecule has 150 valence electrons. The zero-order valence-corrected chi connectivity index (χ0v) is 16.1. The fraction of sp³-hybridized carbons (Fsp3) is 0.300. The molecule has 1 N–H and O–H groups in total. The second-order valence-electron chi connectivity index (χ2n) is 6.40. The number of fused-ring (bicyclic) bond motifs is 1. The SMILES string of the molecule is CCC(C=O)(CC)O[C@H](C=O)n1cnc2c(NC(=O)c3ccccc3)ncnc21. The van der Waals surface area contributed by atoms with Crippen LogP contribution >= 0.6 is 0 Å². The molecule has 2 aromatic heterocycles. The summed E-state index contributed by atoms with van der Waals surface area (Å²) in [7, 11) is 0. The second kappa shape index (κ2) is 8.70. The molecule has 0 radical (unpaired) electrons. The quantitative estimate of drug-likeness (QED) is 0.553. The van der Waals surface area contributed by atoms with Crippen molar-refractivity contribution in [1.82, 2.24) is 19.5 Å². The van der Waals surface area contributed by atoms with Gasteiger partial charge in [-0.3, -0.25) is 14.2 Å². The van der Waals surface area contributed by atoms with Crippen molar-refractivity contribution in [3.63, 3.8) is 0 Å². The van der Waals surface area contributed by atoms with Crippen molar-refractivity contribution in [2.24, 2.45) is 0 Å². The molecule has 0 fully saturated rings. The van der Waals surface area contributed by atoms with Crippen LogP contribution in [0.3, 0.4) is 0 Å². The lowest BCUT2D eigenvalue weighted by Gasteiger charge is -2.29. The van der Waals surface area contributed by atoms with Crippen LogP contribution in [0.5, 0.6) is 0 Å². The number of aromatic nitrogens is 4. The van der Waals surface area contributed by atoms with Crippen LogP contribution in [0.25, 0.3) is 11.2 Å². The number of rotatable bonds is 9. The first-order chi connectivity index (χ1) is 14.1. The van der Waals surface area contributed by atoms with E-state index in [9.17, 15) is 14.4 Å². The lowest BCUT2D eigenvalue weighted by molar-refractivity contribution is -0.156. The molecule has 0 aliphatic rings. The van der Waals surface area contributed by atoms with Crippen LogP contribution in [0, 0.1) is 0 Å². The average molecular weight is 395 g/mol. The second-order valence-corrected chi connectivity index (χ2v) is 6.40. The van der Waals surface area contributed by atoms with Crippen molar-refractivity contribution in [3.8, 4) is 0 Å². The van der Waals surface area contributed by atoms with Gasteiger partial charge in [-0.25, -0.2) is 15.0 Å². The van der Waals surface area contributed by atoms with Crippen LogP contribution in [0.4, 0.5) is 5.82 Å². The van der Waals surface area contributed by atoms with E-state index in [1.807, 2.05) is 19.9 Å². The van der Waals surface area contributed by atoms with Crippen molar-refractivity contribution < 1.29 is 19.1 Å². The lowest BCUT2D eigenvalue weighted by Crippen LogP contribution is -2.36. The Kier molecular flexibility index (Phi) is 6.08. The highest BCUT2D eigenvalue weighted by Crippen LogP contribution is 2.27.